The van der Waals surface area contributed by atoms with E-state index < -0.39 is 11.6 Å². The Kier molecular flexibility index (Phi) is 5.83. The van der Waals surface area contributed by atoms with Gasteiger partial charge in [-0.3, -0.25) is 9.58 Å². The van der Waals surface area contributed by atoms with Crippen LogP contribution in [0.25, 0.3) is 11.3 Å². The zero-order valence-corrected chi connectivity index (χ0v) is 18.3. The standard InChI is InChI=1S/C25H28F2N4O/c1-32-24-6-4-21(5-7-24)29-10-12-30(13-11-29)22-2-3-23(17-22)31-9-8-25(28-31)18-14-19(26)16-20(27)15-18/h4-9,14-16,22-23H,2-3,10-13,17H2,1H3/t22-,23+/m0/s1. The van der Waals surface area contributed by atoms with Crippen molar-refractivity contribution in [1.29, 1.82) is 0 Å². The van der Waals surface area contributed by atoms with E-state index in [1.54, 1.807) is 7.11 Å². The van der Waals surface area contributed by atoms with Crippen LogP contribution in [-0.2, 0) is 0 Å². The van der Waals surface area contributed by atoms with Gasteiger partial charge in [0.05, 0.1) is 18.8 Å². The van der Waals surface area contributed by atoms with Crippen LogP contribution in [0.4, 0.5) is 14.5 Å². The highest BCUT2D eigenvalue weighted by Crippen LogP contribution is 2.34. The van der Waals surface area contributed by atoms with Crippen molar-refractivity contribution in [3.05, 3.63) is 66.4 Å². The van der Waals surface area contributed by atoms with Gasteiger partial charge in [0.25, 0.3) is 0 Å². The third-order valence-corrected chi connectivity index (χ3v) is 6.79. The molecule has 0 spiro atoms. The highest BCUT2D eigenvalue weighted by atomic mass is 19.1. The van der Waals surface area contributed by atoms with E-state index in [4.69, 9.17) is 4.74 Å². The van der Waals surface area contributed by atoms with Crippen LogP contribution in [0.2, 0.25) is 0 Å². The number of ether oxygens (including phenoxy) is 1. The fraction of sp³-hybridized carbons (Fsp3) is 0.400. The van der Waals surface area contributed by atoms with E-state index in [0.29, 0.717) is 23.3 Å². The summed E-state index contributed by atoms with van der Waals surface area (Å²) in [5.74, 6) is -0.276. The van der Waals surface area contributed by atoms with Crippen molar-refractivity contribution < 1.29 is 13.5 Å². The topological polar surface area (TPSA) is 33.5 Å². The lowest BCUT2D eigenvalue weighted by Gasteiger charge is -2.39. The number of aromatic nitrogens is 2. The van der Waals surface area contributed by atoms with Crippen molar-refractivity contribution in [1.82, 2.24) is 14.7 Å². The molecule has 1 aliphatic heterocycles. The van der Waals surface area contributed by atoms with Gasteiger partial charge in [0.2, 0.25) is 0 Å². The number of rotatable bonds is 5. The third kappa shape index (κ3) is 4.35. The van der Waals surface area contributed by atoms with Crippen LogP contribution in [0.15, 0.2) is 54.7 Å². The second-order valence-corrected chi connectivity index (χ2v) is 8.68. The van der Waals surface area contributed by atoms with E-state index in [1.807, 2.05) is 29.1 Å². The first-order valence-corrected chi connectivity index (χ1v) is 11.2. The first kappa shape index (κ1) is 20.9. The smallest absolute Gasteiger partial charge is 0.126 e. The fourth-order valence-corrected chi connectivity index (χ4v) is 5.04. The van der Waals surface area contributed by atoms with E-state index in [0.717, 1.165) is 57.3 Å². The molecule has 2 aliphatic rings. The van der Waals surface area contributed by atoms with E-state index in [-0.39, 0.29) is 0 Å². The predicted octanol–water partition coefficient (Wildman–Crippen LogP) is 4.75. The van der Waals surface area contributed by atoms with Crippen LogP contribution in [-0.4, -0.2) is 54.0 Å². The minimum absolute atomic E-state index is 0.326. The minimum Gasteiger partial charge on any atom is -0.497 e. The van der Waals surface area contributed by atoms with Crippen LogP contribution in [0.3, 0.4) is 0 Å². The first-order chi connectivity index (χ1) is 15.6. The van der Waals surface area contributed by atoms with Gasteiger partial charge in [-0.25, -0.2) is 8.78 Å². The molecule has 1 saturated heterocycles. The maximum Gasteiger partial charge on any atom is 0.126 e. The van der Waals surface area contributed by atoms with Gasteiger partial charge in [0.1, 0.15) is 17.4 Å². The number of piperazine rings is 1. The summed E-state index contributed by atoms with van der Waals surface area (Å²) in [4.78, 5) is 5.03. The first-order valence-electron chi connectivity index (χ1n) is 11.2. The Morgan fingerprint density at radius 3 is 2.25 bits per heavy atom. The van der Waals surface area contributed by atoms with Crippen molar-refractivity contribution in [2.75, 3.05) is 38.2 Å². The van der Waals surface area contributed by atoms with Gasteiger partial charge >= 0.3 is 0 Å². The molecule has 2 aromatic carbocycles. The molecule has 5 rings (SSSR count). The highest BCUT2D eigenvalue weighted by Gasteiger charge is 2.32. The molecule has 0 bridgehead atoms. The summed E-state index contributed by atoms with van der Waals surface area (Å²) in [6.45, 7) is 4.14. The summed E-state index contributed by atoms with van der Waals surface area (Å²) in [6.07, 6.45) is 5.22. The lowest BCUT2D eigenvalue weighted by molar-refractivity contribution is 0.183. The molecule has 0 radical (unpaired) electrons. The maximum atomic E-state index is 13.6. The Morgan fingerprint density at radius 1 is 0.875 bits per heavy atom. The van der Waals surface area contributed by atoms with Crippen molar-refractivity contribution in [2.24, 2.45) is 0 Å². The number of nitrogens with zero attached hydrogens (tertiary/aromatic N) is 4. The van der Waals surface area contributed by atoms with E-state index in [2.05, 4.69) is 27.0 Å². The maximum absolute atomic E-state index is 13.6. The number of benzene rings is 2. The number of hydrogen-bond donors (Lipinski definition) is 0. The molecule has 1 saturated carbocycles. The average Bonchev–Trinajstić information content (AvgIpc) is 3.49. The molecule has 32 heavy (non-hydrogen) atoms. The number of hydrogen-bond acceptors (Lipinski definition) is 4. The summed E-state index contributed by atoms with van der Waals surface area (Å²) in [5, 5.41) is 4.64. The summed E-state index contributed by atoms with van der Waals surface area (Å²) < 4.78 is 34.4. The average molecular weight is 439 g/mol. The molecule has 2 fully saturated rings. The molecular weight excluding hydrogens is 410 g/mol. The monoisotopic (exact) mass is 438 g/mol. The SMILES string of the molecule is COc1ccc(N2CCN([C@H]3CC[C@@H](n4ccc(-c5cc(F)cc(F)c5)n4)C3)CC2)cc1. The molecule has 5 nitrogen and oxygen atoms in total. The second-order valence-electron chi connectivity index (χ2n) is 8.68. The van der Waals surface area contributed by atoms with Gasteiger partial charge < -0.3 is 9.64 Å². The van der Waals surface area contributed by atoms with Crippen molar-refractivity contribution in [3.63, 3.8) is 0 Å². The summed E-state index contributed by atoms with van der Waals surface area (Å²) in [7, 11) is 1.69. The number of anilines is 1. The molecular formula is C25H28F2N4O. The Hall–Kier alpha value is -2.93. The van der Waals surface area contributed by atoms with Gasteiger partial charge in [0.15, 0.2) is 0 Å². The van der Waals surface area contributed by atoms with Gasteiger partial charge in [0, 0.05) is 55.7 Å². The molecule has 3 aromatic rings. The predicted molar refractivity (Wildman–Crippen MR) is 121 cm³/mol. The summed E-state index contributed by atoms with van der Waals surface area (Å²) >= 11 is 0. The zero-order chi connectivity index (χ0) is 22.1. The Morgan fingerprint density at radius 2 is 1.56 bits per heavy atom. The van der Waals surface area contributed by atoms with Crippen LogP contribution < -0.4 is 9.64 Å². The quantitative estimate of drug-likeness (QED) is 0.576. The van der Waals surface area contributed by atoms with Gasteiger partial charge in [-0.05, 0) is 61.7 Å². The normalized spacial score (nSPS) is 21.8. The van der Waals surface area contributed by atoms with E-state index in [9.17, 15) is 8.78 Å². The summed E-state index contributed by atoms with van der Waals surface area (Å²) in [6, 6.07) is 14.5. The third-order valence-electron chi connectivity index (χ3n) is 6.79. The molecule has 0 amide bonds. The van der Waals surface area contributed by atoms with Gasteiger partial charge in [-0.15, -0.1) is 0 Å². The van der Waals surface area contributed by atoms with Crippen molar-refractivity contribution in [3.8, 4) is 17.0 Å². The van der Waals surface area contributed by atoms with Crippen LogP contribution >= 0.6 is 0 Å². The van der Waals surface area contributed by atoms with Gasteiger partial charge in [-0.2, -0.15) is 5.10 Å². The molecule has 7 heteroatoms. The lowest BCUT2D eigenvalue weighted by Crippen LogP contribution is -2.49. The molecule has 2 atom stereocenters. The van der Waals surface area contributed by atoms with Crippen molar-refractivity contribution >= 4 is 5.69 Å². The molecule has 0 unspecified atom stereocenters. The number of methoxy groups -OCH3 is 1. The molecule has 0 N–H and O–H groups in total. The van der Waals surface area contributed by atoms with E-state index >= 15 is 0 Å². The Balaban J connectivity index is 1.18. The largest absolute Gasteiger partial charge is 0.497 e. The number of halogens is 2. The second kappa shape index (κ2) is 8.90. The molecule has 2 heterocycles. The fourth-order valence-electron chi connectivity index (χ4n) is 5.04. The molecule has 168 valence electrons. The Bertz CT molecular complexity index is 1040. The van der Waals surface area contributed by atoms with Crippen molar-refractivity contribution in [2.45, 2.75) is 31.3 Å². The van der Waals surface area contributed by atoms with Crippen LogP contribution in [0.1, 0.15) is 25.3 Å². The van der Waals surface area contributed by atoms with Crippen LogP contribution in [0, 0.1) is 11.6 Å². The lowest BCUT2D eigenvalue weighted by atomic mass is 10.1. The van der Waals surface area contributed by atoms with Gasteiger partial charge in [-0.1, -0.05) is 0 Å². The Labute approximate surface area is 187 Å². The van der Waals surface area contributed by atoms with E-state index in [1.165, 1.54) is 17.8 Å². The summed E-state index contributed by atoms with van der Waals surface area (Å²) in [5.41, 5.74) is 2.33. The zero-order valence-electron chi connectivity index (χ0n) is 18.3. The molecule has 1 aromatic heterocycles. The van der Waals surface area contributed by atoms with Crippen LogP contribution in [0.5, 0.6) is 5.75 Å². The molecule has 1 aliphatic carbocycles. The minimum atomic E-state index is -0.579. The highest BCUT2D eigenvalue weighted by molar-refractivity contribution is 5.58.